The molecule has 2 fully saturated rings. The number of ether oxygens (including phenoxy) is 1. The van der Waals surface area contributed by atoms with Crippen LogP contribution in [-0.4, -0.2) is 60.3 Å². The molecule has 9 heteroatoms. The molecule has 9 nitrogen and oxygen atoms in total. The van der Waals surface area contributed by atoms with Gasteiger partial charge in [0, 0.05) is 5.41 Å². The first-order valence-electron chi connectivity index (χ1n) is 7.63. The van der Waals surface area contributed by atoms with E-state index in [1.807, 2.05) is 6.92 Å². The Morgan fingerprint density at radius 2 is 2.22 bits per heavy atom. The van der Waals surface area contributed by atoms with E-state index in [0.717, 1.165) is 0 Å². The standard InChI is InChI=1S/C14H19N5O4/c1-2-23-13-17-11(15)7-12(18-13)19(5-16-7)8-6-3-14(6,4-20)10(22)9(8)21/h5-6,8-10,20-22H,2-4H2,1H3,(H2,15,17,18)/t6-,8-,9?,10?,14+/m1/s1. The Morgan fingerprint density at radius 3 is 2.87 bits per heavy atom. The van der Waals surface area contributed by atoms with Crippen molar-refractivity contribution in [2.24, 2.45) is 11.3 Å². The highest BCUT2D eigenvalue weighted by Gasteiger charge is 2.71. The van der Waals surface area contributed by atoms with Crippen molar-refractivity contribution in [3.63, 3.8) is 0 Å². The van der Waals surface area contributed by atoms with Crippen LogP contribution in [0.5, 0.6) is 6.01 Å². The van der Waals surface area contributed by atoms with E-state index in [2.05, 4.69) is 15.0 Å². The Balaban J connectivity index is 1.81. The fraction of sp³-hybridized carbons (Fsp3) is 0.643. The van der Waals surface area contributed by atoms with Gasteiger partial charge in [-0.15, -0.1) is 0 Å². The summed E-state index contributed by atoms with van der Waals surface area (Å²) in [6.45, 7) is 2.07. The van der Waals surface area contributed by atoms with Crippen LogP contribution in [0.25, 0.3) is 11.2 Å². The number of hydrogen-bond donors (Lipinski definition) is 4. The van der Waals surface area contributed by atoms with Crippen molar-refractivity contribution in [1.82, 2.24) is 19.5 Å². The molecule has 0 aromatic carbocycles. The highest BCUT2D eigenvalue weighted by molar-refractivity contribution is 5.82. The number of nitrogens with zero attached hydrogens (tertiary/aromatic N) is 4. The zero-order valence-corrected chi connectivity index (χ0v) is 12.6. The number of rotatable bonds is 4. The lowest BCUT2D eigenvalue weighted by molar-refractivity contribution is -0.0300. The van der Waals surface area contributed by atoms with Crippen LogP contribution in [0.15, 0.2) is 6.33 Å². The molecule has 0 saturated heterocycles. The summed E-state index contributed by atoms with van der Waals surface area (Å²) in [5.41, 5.74) is 6.16. The second-order valence-corrected chi connectivity index (χ2v) is 6.28. The molecule has 2 aromatic heterocycles. The maximum atomic E-state index is 10.4. The van der Waals surface area contributed by atoms with Gasteiger partial charge in [0.15, 0.2) is 17.0 Å². The van der Waals surface area contributed by atoms with Gasteiger partial charge in [0.2, 0.25) is 0 Å². The Labute approximate surface area is 131 Å². The Bertz CT molecular complexity index is 765. The number of hydrogen-bond acceptors (Lipinski definition) is 8. The van der Waals surface area contributed by atoms with Crippen LogP contribution < -0.4 is 10.5 Å². The predicted molar refractivity (Wildman–Crippen MR) is 79.6 cm³/mol. The minimum Gasteiger partial charge on any atom is -0.464 e. The summed E-state index contributed by atoms with van der Waals surface area (Å²) >= 11 is 0. The van der Waals surface area contributed by atoms with E-state index < -0.39 is 23.7 Å². The van der Waals surface area contributed by atoms with Crippen molar-refractivity contribution in [3.8, 4) is 6.01 Å². The molecule has 2 saturated carbocycles. The number of nitrogens with two attached hydrogens (primary N) is 1. The third-order valence-corrected chi connectivity index (χ3v) is 5.17. The number of aliphatic hydroxyl groups excluding tert-OH is 3. The summed E-state index contributed by atoms with van der Waals surface area (Å²) in [5, 5.41) is 30.3. The predicted octanol–water partition coefficient (Wildman–Crippen LogP) is -0.918. The normalized spacial score (nSPS) is 35.5. The van der Waals surface area contributed by atoms with Gasteiger partial charge < -0.3 is 30.4 Å². The van der Waals surface area contributed by atoms with Crippen LogP contribution in [0.3, 0.4) is 0 Å². The highest BCUT2D eigenvalue weighted by Crippen LogP contribution is 2.67. The van der Waals surface area contributed by atoms with Crippen LogP contribution in [0.1, 0.15) is 19.4 Å². The average Bonchev–Trinajstić information content (AvgIpc) is 3.04. The lowest BCUT2D eigenvalue weighted by Gasteiger charge is -2.23. The molecule has 0 bridgehead atoms. The quantitative estimate of drug-likeness (QED) is 0.567. The molecule has 0 aliphatic heterocycles. The van der Waals surface area contributed by atoms with Gasteiger partial charge in [-0.25, -0.2) is 4.98 Å². The van der Waals surface area contributed by atoms with Crippen molar-refractivity contribution in [2.45, 2.75) is 31.6 Å². The van der Waals surface area contributed by atoms with E-state index in [-0.39, 0.29) is 24.4 Å². The molecule has 2 heterocycles. The van der Waals surface area contributed by atoms with Gasteiger partial charge in [0.1, 0.15) is 6.10 Å². The van der Waals surface area contributed by atoms with Crippen molar-refractivity contribution in [1.29, 1.82) is 0 Å². The summed E-state index contributed by atoms with van der Waals surface area (Å²) in [5.74, 6) is 0.177. The lowest BCUT2D eigenvalue weighted by Crippen LogP contribution is -2.35. The highest BCUT2D eigenvalue weighted by atomic mass is 16.5. The molecule has 5 atom stereocenters. The van der Waals surface area contributed by atoms with Crippen LogP contribution in [0.2, 0.25) is 0 Å². The number of anilines is 1. The van der Waals surface area contributed by atoms with Crippen LogP contribution in [0, 0.1) is 11.3 Å². The van der Waals surface area contributed by atoms with Gasteiger partial charge in [0.05, 0.1) is 31.7 Å². The van der Waals surface area contributed by atoms with E-state index in [0.29, 0.717) is 24.2 Å². The number of nitrogen functional groups attached to an aromatic ring is 1. The molecule has 0 amide bonds. The smallest absolute Gasteiger partial charge is 0.320 e. The van der Waals surface area contributed by atoms with E-state index in [4.69, 9.17) is 10.5 Å². The summed E-state index contributed by atoms with van der Waals surface area (Å²) < 4.78 is 7.02. The summed E-state index contributed by atoms with van der Waals surface area (Å²) in [4.78, 5) is 12.6. The molecule has 2 aliphatic rings. The maximum absolute atomic E-state index is 10.4. The fourth-order valence-electron chi connectivity index (χ4n) is 3.88. The van der Waals surface area contributed by atoms with Gasteiger partial charge >= 0.3 is 6.01 Å². The molecule has 0 spiro atoms. The van der Waals surface area contributed by atoms with E-state index in [1.165, 1.54) is 6.33 Å². The molecule has 2 aromatic rings. The van der Waals surface area contributed by atoms with Crippen LogP contribution in [-0.2, 0) is 0 Å². The van der Waals surface area contributed by atoms with Crippen LogP contribution in [0.4, 0.5) is 5.82 Å². The molecule has 4 rings (SSSR count). The summed E-state index contributed by atoms with van der Waals surface area (Å²) in [6.07, 6.45) is 0.235. The van der Waals surface area contributed by atoms with Gasteiger partial charge in [-0.3, -0.25) is 0 Å². The molecule has 2 aliphatic carbocycles. The number of imidazole rings is 1. The second-order valence-electron chi connectivity index (χ2n) is 6.28. The Hall–Kier alpha value is -1.97. The SMILES string of the molecule is CCOc1nc(N)c2ncn([C@H]3C(O)C(O)[C@]4(CO)C[C@H]34)c2n1. The first-order valence-corrected chi connectivity index (χ1v) is 7.63. The zero-order chi connectivity index (χ0) is 16.4. The third-order valence-electron chi connectivity index (χ3n) is 5.17. The lowest BCUT2D eigenvalue weighted by atomic mass is 10.0. The van der Waals surface area contributed by atoms with Gasteiger partial charge in [-0.05, 0) is 19.3 Å². The van der Waals surface area contributed by atoms with E-state index in [9.17, 15) is 15.3 Å². The summed E-state index contributed by atoms with van der Waals surface area (Å²) in [7, 11) is 0. The number of fused-ring (bicyclic) bond motifs is 2. The fourth-order valence-corrected chi connectivity index (χ4v) is 3.88. The Morgan fingerprint density at radius 1 is 1.43 bits per heavy atom. The van der Waals surface area contributed by atoms with E-state index >= 15 is 0 Å². The first-order chi connectivity index (χ1) is 11.0. The molecular formula is C14H19N5O4. The van der Waals surface area contributed by atoms with Crippen LogP contribution >= 0.6 is 0 Å². The monoisotopic (exact) mass is 321 g/mol. The molecule has 23 heavy (non-hydrogen) atoms. The molecule has 5 N–H and O–H groups in total. The number of aromatic nitrogens is 4. The minimum absolute atomic E-state index is 0.0263. The Kier molecular flexibility index (Phi) is 3.03. The average molecular weight is 321 g/mol. The topological polar surface area (TPSA) is 140 Å². The second kappa shape index (κ2) is 4.76. The van der Waals surface area contributed by atoms with Crippen molar-refractivity contribution in [2.75, 3.05) is 18.9 Å². The minimum atomic E-state index is -0.995. The zero-order valence-electron chi connectivity index (χ0n) is 12.6. The molecule has 2 unspecified atom stereocenters. The molecular weight excluding hydrogens is 302 g/mol. The summed E-state index contributed by atoms with van der Waals surface area (Å²) in [6, 6.07) is -0.262. The molecule has 124 valence electrons. The third kappa shape index (κ3) is 1.81. The van der Waals surface area contributed by atoms with Gasteiger partial charge in [-0.2, -0.15) is 9.97 Å². The van der Waals surface area contributed by atoms with Crippen molar-refractivity contribution in [3.05, 3.63) is 6.33 Å². The van der Waals surface area contributed by atoms with Gasteiger partial charge in [-0.1, -0.05) is 0 Å². The maximum Gasteiger partial charge on any atom is 0.320 e. The van der Waals surface area contributed by atoms with E-state index in [1.54, 1.807) is 4.57 Å². The van der Waals surface area contributed by atoms with Crippen molar-refractivity contribution >= 4 is 17.0 Å². The molecule has 0 radical (unpaired) electrons. The number of aliphatic hydroxyl groups is 3. The largest absolute Gasteiger partial charge is 0.464 e. The first kappa shape index (κ1) is 14.6. The van der Waals surface area contributed by atoms with Crippen molar-refractivity contribution < 1.29 is 20.1 Å². The van der Waals surface area contributed by atoms with Gasteiger partial charge in [0.25, 0.3) is 0 Å².